The van der Waals surface area contributed by atoms with Crippen molar-refractivity contribution in [3.63, 3.8) is 0 Å². The smallest absolute Gasteiger partial charge is 0.266 e. The van der Waals surface area contributed by atoms with E-state index >= 15 is 0 Å². The number of pyridine rings is 1. The molecule has 0 spiro atoms. The number of aromatic amines is 2. The molecule has 3 aromatic rings. The van der Waals surface area contributed by atoms with Gasteiger partial charge < -0.3 is 14.5 Å². The first kappa shape index (κ1) is 12.8. The van der Waals surface area contributed by atoms with Gasteiger partial charge in [-0.3, -0.25) is 9.89 Å². The number of nitrogens with zero attached hydrogens (tertiary/aromatic N) is 1. The standard InChI is InChI=1S/C14H13N3O3S/c1-19-10-6-20-5-9-8-2-11(7-3-15-16-4-7)21-13(8)14(18)17-12(9)10/h2-4,10H,5-6H2,1H3,(H,15,16)(H,17,18). The zero-order valence-corrected chi connectivity index (χ0v) is 12.1. The largest absolute Gasteiger partial charge is 0.374 e. The van der Waals surface area contributed by atoms with Crippen molar-refractivity contribution in [1.82, 2.24) is 15.2 Å². The van der Waals surface area contributed by atoms with Crippen LogP contribution in [0, 0.1) is 0 Å². The molecular weight excluding hydrogens is 290 g/mol. The van der Waals surface area contributed by atoms with Gasteiger partial charge in [0.15, 0.2) is 0 Å². The summed E-state index contributed by atoms with van der Waals surface area (Å²) in [6, 6.07) is 2.03. The van der Waals surface area contributed by atoms with Gasteiger partial charge in [0.25, 0.3) is 5.56 Å². The van der Waals surface area contributed by atoms with E-state index in [1.165, 1.54) is 11.3 Å². The maximum Gasteiger partial charge on any atom is 0.266 e. The molecule has 0 fully saturated rings. The molecule has 0 aliphatic carbocycles. The molecule has 0 bridgehead atoms. The first-order valence-corrected chi connectivity index (χ1v) is 7.38. The number of fused-ring (bicyclic) bond motifs is 3. The summed E-state index contributed by atoms with van der Waals surface area (Å²) in [7, 11) is 1.62. The molecule has 3 aromatic heterocycles. The highest BCUT2D eigenvalue weighted by Crippen LogP contribution is 2.36. The lowest BCUT2D eigenvalue weighted by Gasteiger charge is -2.24. The van der Waals surface area contributed by atoms with Gasteiger partial charge >= 0.3 is 0 Å². The summed E-state index contributed by atoms with van der Waals surface area (Å²) in [5.41, 5.74) is 2.74. The van der Waals surface area contributed by atoms with E-state index in [0.29, 0.717) is 17.9 Å². The highest BCUT2D eigenvalue weighted by molar-refractivity contribution is 7.22. The number of H-pyrrole nitrogens is 2. The van der Waals surface area contributed by atoms with Gasteiger partial charge in [-0.2, -0.15) is 5.10 Å². The van der Waals surface area contributed by atoms with E-state index in [1.54, 1.807) is 13.3 Å². The Balaban J connectivity index is 1.99. The summed E-state index contributed by atoms with van der Waals surface area (Å²) < 4.78 is 11.7. The molecule has 1 aliphatic rings. The molecule has 0 radical (unpaired) electrons. The molecule has 1 atom stereocenters. The van der Waals surface area contributed by atoms with Crippen LogP contribution in [0.4, 0.5) is 0 Å². The zero-order chi connectivity index (χ0) is 14.4. The average molecular weight is 303 g/mol. The lowest BCUT2D eigenvalue weighted by Crippen LogP contribution is -2.23. The lowest BCUT2D eigenvalue weighted by atomic mass is 10.0. The van der Waals surface area contributed by atoms with Gasteiger partial charge in [0.05, 0.1) is 25.1 Å². The Labute approximate surface area is 123 Å². The van der Waals surface area contributed by atoms with Crippen molar-refractivity contribution in [2.24, 2.45) is 0 Å². The quantitative estimate of drug-likeness (QED) is 0.760. The van der Waals surface area contributed by atoms with Crippen LogP contribution in [0.1, 0.15) is 17.4 Å². The van der Waals surface area contributed by atoms with Gasteiger partial charge in [-0.05, 0) is 6.07 Å². The van der Waals surface area contributed by atoms with Gasteiger partial charge in [-0.15, -0.1) is 11.3 Å². The van der Waals surface area contributed by atoms with Crippen molar-refractivity contribution < 1.29 is 9.47 Å². The number of nitrogens with one attached hydrogen (secondary N) is 2. The van der Waals surface area contributed by atoms with Crippen molar-refractivity contribution >= 4 is 21.4 Å². The average Bonchev–Trinajstić information content (AvgIpc) is 3.16. The Kier molecular flexibility index (Phi) is 2.91. The monoisotopic (exact) mass is 303 g/mol. The fourth-order valence-corrected chi connectivity index (χ4v) is 3.74. The molecule has 6 nitrogen and oxygen atoms in total. The highest BCUT2D eigenvalue weighted by atomic mass is 32.1. The van der Waals surface area contributed by atoms with E-state index in [-0.39, 0.29) is 11.7 Å². The molecule has 1 unspecified atom stereocenters. The number of hydrogen-bond donors (Lipinski definition) is 2. The summed E-state index contributed by atoms with van der Waals surface area (Å²) in [6.07, 6.45) is 3.35. The predicted octanol–water partition coefficient (Wildman–Crippen LogP) is 2.20. The summed E-state index contributed by atoms with van der Waals surface area (Å²) in [6.45, 7) is 0.952. The third-order valence-electron chi connectivity index (χ3n) is 3.74. The Bertz CT molecular complexity index is 850. The summed E-state index contributed by atoms with van der Waals surface area (Å²) in [5.74, 6) is 0. The molecule has 0 amide bonds. The van der Waals surface area contributed by atoms with Crippen LogP contribution >= 0.6 is 11.3 Å². The first-order valence-electron chi connectivity index (χ1n) is 6.56. The van der Waals surface area contributed by atoms with E-state index in [2.05, 4.69) is 15.2 Å². The summed E-state index contributed by atoms with van der Waals surface area (Å²) in [4.78, 5) is 16.3. The van der Waals surface area contributed by atoms with Crippen molar-refractivity contribution in [3.8, 4) is 10.4 Å². The van der Waals surface area contributed by atoms with E-state index in [4.69, 9.17) is 9.47 Å². The SMILES string of the molecule is COC1COCc2c1[nH]c(=O)c1sc(-c3cn[nH]c3)cc21. The van der Waals surface area contributed by atoms with Gasteiger partial charge in [-0.25, -0.2) is 0 Å². The number of hydrogen-bond acceptors (Lipinski definition) is 5. The number of rotatable bonds is 2. The number of aromatic nitrogens is 3. The topological polar surface area (TPSA) is 80.0 Å². The molecule has 0 saturated carbocycles. The van der Waals surface area contributed by atoms with Crippen molar-refractivity contribution in [2.75, 3.05) is 13.7 Å². The van der Waals surface area contributed by atoms with E-state index in [0.717, 1.165) is 27.1 Å². The Morgan fingerprint density at radius 2 is 2.43 bits per heavy atom. The minimum absolute atomic E-state index is 0.0764. The van der Waals surface area contributed by atoms with Crippen LogP contribution < -0.4 is 5.56 Å². The maximum atomic E-state index is 12.3. The van der Waals surface area contributed by atoms with Crippen LogP contribution in [-0.4, -0.2) is 28.9 Å². The molecule has 4 rings (SSSR count). The second kappa shape index (κ2) is 4.80. The second-order valence-corrected chi connectivity index (χ2v) is 5.98. The molecule has 108 valence electrons. The van der Waals surface area contributed by atoms with Gasteiger partial charge in [0.2, 0.25) is 0 Å². The molecule has 21 heavy (non-hydrogen) atoms. The third kappa shape index (κ3) is 1.93. The number of thiophene rings is 1. The third-order valence-corrected chi connectivity index (χ3v) is 4.92. The van der Waals surface area contributed by atoms with Crippen LogP contribution in [-0.2, 0) is 16.1 Å². The van der Waals surface area contributed by atoms with Crippen LogP contribution in [0.3, 0.4) is 0 Å². The van der Waals surface area contributed by atoms with E-state index < -0.39 is 0 Å². The van der Waals surface area contributed by atoms with Crippen LogP contribution in [0.5, 0.6) is 0 Å². The minimum Gasteiger partial charge on any atom is -0.374 e. The minimum atomic E-state index is -0.219. The van der Waals surface area contributed by atoms with Crippen molar-refractivity contribution in [3.05, 3.63) is 40.1 Å². The molecule has 4 heterocycles. The fraction of sp³-hybridized carbons (Fsp3) is 0.286. The van der Waals surface area contributed by atoms with Gasteiger partial charge in [-0.1, -0.05) is 0 Å². The Hall–Kier alpha value is -1.96. The van der Waals surface area contributed by atoms with Crippen molar-refractivity contribution in [2.45, 2.75) is 12.7 Å². The lowest BCUT2D eigenvalue weighted by molar-refractivity contribution is -0.0175. The molecule has 7 heteroatoms. The molecule has 1 aliphatic heterocycles. The zero-order valence-electron chi connectivity index (χ0n) is 11.3. The number of ether oxygens (including phenoxy) is 2. The van der Waals surface area contributed by atoms with Crippen molar-refractivity contribution in [1.29, 1.82) is 0 Å². The van der Waals surface area contributed by atoms with E-state index in [9.17, 15) is 4.79 Å². The van der Waals surface area contributed by atoms with Crippen LogP contribution in [0.15, 0.2) is 23.3 Å². The summed E-state index contributed by atoms with van der Waals surface area (Å²) in [5, 5.41) is 7.69. The second-order valence-electron chi connectivity index (χ2n) is 4.93. The first-order chi connectivity index (χ1) is 10.3. The fourth-order valence-electron chi connectivity index (χ4n) is 2.68. The normalized spacial score (nSPS) is 18.0. The maximum absolute atomic E-state index is 12.3. The molecule has 0 aromatic carbocycles. The highest BCUT2D eigenvalue weighted by Gasteiger charge is 2.25. The molecular formula is C14H13N3O3S. The van der Waals surface area contributed by atoms with Crippen LogP contribution in [0.2, 0.25) is 0 Å². The Morgan fingerprint density at radius 1 is 1.52 bits per heavy atom. The molecule has 2 N–H and O–H groups in total. The Morgan fingerprint density at radius 3 is 3.19 bits per heavy atom. The number of methoxy groups -OCH3 is 1. The predicted molar refractivity (Wildman–Crippen MR) is 79.4 cm³/mol. The van der Waals surface area contributed by atoms with E-state index in [1.807, 2.05) is 12.3 Å². The molecule has 0 saturated heterocycles. The van der Waals surface area contributed by atoms with Crippen LogP contribution in [0.25, 0.3) is 20.5 Å². The summed E-state index contributed by atoms with van der Waals surface area (Å²) >= 11 is 1.46. The van der Waals surface area contributed by atoms with Gasteiger partial charge in [0, 0.05) is 34.7 Å². The van der Waals surface area contributed by atoms with Gasteiger partial charge in [0.1, 0.15) is 10.8 Å².